The van der Waals surface area contributed by atoms with Gasteiger partial charge in [-0.15, -0.1) is 11.8 Å². The van der Waals surface area contributed by atoms with E-state index >= 15 is 0 Å². The molecule has 0 bridgehead atoms. The minimum Gasteiger partial charge on any atom is -0.489 e. The Morgan fingerprint density at radius 1 is 1.00 bits per heavy atom. The van der Waals surface area contributed by atoms with Crippen LogP contribution in [0.15, 0.2) is 71.6 Å². The topological polar surface area (TPSA) is 64.6 Å². The molecule has 0 spiro atoms. The fourth-order valence-corrected chi connectivity index (χ4v) is 3.96. The van der Waals surface area contributed by atoms with Crippen molar-refractivity contribution in [3.05, 3.63) is 87.9 Å². The van der Waals surface area contributed by atoms with Gasteiger partial charge in [0.25, 0.3) is 0 Å². The maximum absolute atomic E-state index is 12.4. The number of rotatable bonds is 8. The Hall–Kier alpha value is -2.67. The number of hydrogen-bond acceptors (Lipinski definition) is 5. The lowest BCUT2D eigenvalue weighted by Crippen LogP contribution is -2.17. The second-order valence-electron chi connectivity index (χ2n) is 6.38. The summed E-state index contributed by atoms with van der Waals surface area (Å²) in [6.07, 6.45) is 0. The number of nitrogens with one attached hydrogen (secondary N) is 1. The van der Waals surface area contributed by atoms with Gasteiger partial charge in [-0.1, -0.05) is 53.5 Å². The Bertz CT molecular complexity index is 1060. The van der Waals surface area contributed by atoms with Gasteiger partial charge in [-0.3, -0.25) is 4.79 Å². The molecule has 0 saturated heterocycles. The molecule has 5 nitrogen and oxygen atoms in total. The number of anilines is 1. The van der Waals surface area contributed by atoms with Crippen LogP contribution in [0.5, 0.6) is 5.75 Å². The Kier molecular flexibility index (Phi) is 8.23. The zero-order chi connectivity index (χ0) is 22.2. The smallest absolute Gasteiger partial charge is 0.341 e. The highest BCUT2D eigenvalue weighted by molar-refractivity contribution is 8.00. The SMILES string of the molecule is COC(=O)c1c(Cl)cc(Cl)cc1NC(=O)CSc1ccc(OCc2ccccc2)cc1. The highest BCUT2D eigenvalue weighted by atomic mass is 35.5. The Labute approximate surface area is 194 Å². The molecule has 8 heteroatoms. The van der Waals surface area contributed by atoms with Crippen molar-refractivity contribution in [1.82, 2.24) is 0 Å². The standard InChI is InChI=1S/C23H19Cl2NO4S/c1-29-23(28)22-19(25)11-16(24)12-20(22)26-21(27)14-31-18-9-7-17(8-10-18)30-13-15-5-3-2-4-6-15/h2-12H,13-14H2,1H3,(H,26,27). The maximum atomic E-state index is 12.4. The first-order valence-corrected chi connectivity index (χ1v) is 11.0. The van der Waals surface area contributed by atoms with Crippen LogP contribution in [0.1, 0.15) is 15.9 Å². The van der Waals surface area contributed by atoms with Crippen LogP contribution in [-0.2, 0) is 16.1 Å². The lowest BCUT2D eigenvalue weighted by atomic mass is 10.1. The minimum atomic E-state index is -0.657. The summed E-state index contributed by atoms with van der Waals surface area (Å²) < 4.78 is 10.5. The number of benzene rings is 3. The first kappa shape index (κ1) is 23.0. The van der Waals surface area contributed by atoms with E-state index < -0.39 is 5.97 Å². The molecule has 0 aromatic heterocycles. The van der Waals surface area contributed by atoms with Gasteiger partial charge in [0.2, 0.25) is 5.91 Å². The van der Waals surface area contributed by atoms with E-state index in [0.29, 0.717) is 11.6 Å². The second kappa shape index (κ2) is 11.1. The van der Waals surface area contributed by atoms with Crippen LogP contribution < -0.4 is 10.1 Å². The van der Waals surface area contributed by atoms with Gasteiger partial charge in [0, 0.05) is 9.92 Å². The third kappa shape index (κ3) is 6.66. The summed E-state index contributed by atoms with van der Waals surface area (Å²) in [4.78, 5) is 25.3. The molecule has 31 heavy (non-hydrogen) atoms. The summed E-state index contributed by atoms with van der Waals surface area (Å²) in [5.41, 5.74) is 1.36. The van der Waals surface area contributed by atoms with Gasteiger partial charge in [-0.2, -0.15) is 0 Å². The molecule has 160 valence electrons. The van der Waals surface area contributed by atoms with E-state index in [2.05, 4.69) is 5.32 Å². The van der Waals surface area contributed by atoms with Gasteiger partial charge < -0.3 is 14.8 Å². The summed E-state index contributed by atoms with van der Waals surface area (Å²) in [7, 11) is 1.24. The predicted molar refractivity (Wildman–Crippen MR) is 124 cm³/mol. The van der Waals surface area contributed by atoms with Crippen molar-refractivity contribution in [2.24, 2.45) is 0 Å². The fourth-order valence-electron chi connectivity index (χ4n) is 2.69. The number of methoxy groups -OCH3 is 1. The average molecular weight is 476 g/mol. The van der Waals surface area contributed by atoms with Crippen LogP contribution in [0.2, 0.25) is 10.0 Å². The van der Waals surface area contributed by atoms with Gasteiger partial charge in [0.1, 0.15) is 17.9 Å². The Balaban J connectivity index is 1.56. The predicted octanol–water partition coefficient (Wildman–Crippen LogP) is 6.09. The van der Waals surface area contributed by atoms with Crippen LogP contribution in [0, 0.1) is 0 Å². The van der Waals surface area contributed by atoms with Gasteiger partial charge in [-0.05, 0) is 42.0 Å². The maximum Gasteiger partial charge on any atom is 0.341 e. The third-order valence-corrected chi connectivity index (χ3v) is 5.69. The molecule has 0 heterocycles. The molecule has 0 saturated carbocycles. The highest BCUT2D eigenvalue weighted by Crippen LogP contribution is 2.30. The van der Waals surface area contributed by atoms with Crippen molar-refractivity contribution in [1.29, 1.82) is 0 Å². The molecule has 0 aliphatic carbocycles. The van der Waals surface area contributed by atoms with Crippen LogP contribution in [-0.4, -0.2) is 24.7 Å². The first-order chi connectivity index (χ1) is 15.0. The zero-order valence-corrected chi connectivity index (χ0v) is 18.9. The molecule has 0 atom stereocenters. The largest absolute Gasteiger partial charge is 0.489 e. The first-order valence-electron chi connectivity index (χ1n) is 9.23. The third-order valence-electron chi connectivity index (χ3n) is 4.16. The zero-order valence-electron chi connectivity index (χ0n) is 16.6. The highest BCUT2D eigenvalue weighted by Gasteiger charge is 2.19. The number of carbonyl (C=O) groups is 2. The molecule has 0 fully saturated rings. The molecule has 0 aliphatic rings. The molecule has 1 N–H and O–H groups in total. The van der Waals surface area contributed by atoms with Crippen molar-refractivity contribution in [3.63, 3.8) is 0 Å². The van der Waals surface area contributed by atoms with Crippen LogP contribution in [0.3, 0.4) is 0 Å². The Morgan fingerprint density at radius 2 is 1.71 bits per heavy atom. The number of halogens is 2. The minimum absolute atomic E-state index is 0.0619. The van der Waals surface area contributed by atoms with Crippen LogP contribution >= 0.6 is 35.0 Å². The number of hydrogen-bond donors (Lipinski definition) is 1. The molecule has 0 unspecified atom stereocenters. The van der Waals surface area contributed by atoms with E-state index in [0.717, 1.165) is 16.2 Å². The molecule has 3 aromatic carbocycles. The van der Waals surface area contributed by atoms with E-state index in [9.17, 15) is 9.59 Å². The normalized spacial score (nSPS) is 10.4. The van der Waals surface area contributed by atoms with Gasteiger partial charge in [-0.25, -0.2) is 4.79 Å². The molecule has 3 aromatic rings. The summed E-state index contributed by atoms with van der Waals surface area (Å²) in [5, 5.41) is 3.08. The van der Waals surface area contributed by atoms with Crippen molar-refractivity contribution < 1.29 is 19.1 Å². The molecular formula is C23H19Cl2NO4S. The fraction of sp³-hybridized carbons (Fsp3) is 0.130. The second-order valence-corrected chi connectivity index (χ2v) is 8.28. The molecule has 1 amide bonds. The van der Waals surface area contributed by atoms with E-state index in [4.69, 9.17) is 32.7 Å². The average Bonchev–Trinajstić information content (AvgIpc) is 2.77. The summed E-state index contributed by atoms with van der Waals surface area (Å²) in [5.74, 6) is -0.0860. The van der Waals surface area contributed by atoms with Crippen molar-refractivity contribution >= 4 is 52.5 Å². The van der Waals surface area contributed by atoms with Crippen LogP contribution in [0.25, 0.3) is 0 Å². The lowest BCUT2D eigenvalue weighted by molar-refractivity contribution is -0.113. The van der Waals surface area contributed by atoms with Gasteiger partial charge >= 0.3 is 5.97 Å². The number of esters is 1. The van der Waals surface area contributed by atoms with Crippen molar-refractivity contribution in [2.45, 2.75) is 11.5 Å². The van der Waals surface area contributed by atoms with Gasteiger partial charge in [0.15, 0.2) is 0 Å². The number of ether oxygens (including phenoxy) is 2. The molecular weight excluding hydrogens is 457 g/mol. The lowest BCUT2D eigenvalue weighted by Gasteiger charge is -2.12. The van der Waals surface area contributed by atoms with E-state index in [1.807, 2.05) is 54.6 Å². The molecule has 3 rings (SSSR count). The summed E-state index contributed by atoms with van der Waals surface area (Å²) in [6.45, 7) is 0.487. The summed E-state index contributed by atoms with van der Waals surface area (Å²) in [6, 6.07) is 20.3. The molecule has 0 radical (unpaired) electrons. The van der Waals surface area contributed by atoms with E-state index in [1.54, 1.807) is 0 Å². The van der Waals surface area contributed by atoms with E-state index in [-0.39, 0.29) is 27.9 Å². The van der Waals surface area contributed by atoms with Crippen molar-refractivity contribution in [2.75, 3.05) is 18.2 Å². The monoisotopic (exact) mass is 475 g/mol. The van der Waals surface area contributed by atoms with Crippen molar-refractivity contribution in [3.8, 4) is 5.75 Å². The number of carbonyl (C=O) groups excluding carboxylic acids is 2. The molecule has 0 aliphatic heterocycles. The number of thioether (sulfide) groups is 1. The number of amides is 1. The van der Waals surface area contributed by atoms with Crippen LogP contribution in [0.4, 0.5) is 5.69 Å². The van der Waals surface area contributed by atoms with E-state index in [1.165, 1.54) is 31.0 Å². The Morgan fingerprint density at radius 3 is 2.39 bits per heavy atom. The quantitative estimate of drug-likeness (QED) is 0.315. The van der Waals surface area contributed by atoms with Gasteiger partial charge in [0.05, 0.1) is 23.6 Å². The summed E-state index contributed by atoms with van der Waals surface area (Å²) >= 11 is 13.4.